The van der Waals surface area contributed by atoms with Crippen LogP contribution in [0.3, 0.4) is 0 Å². The zero-order chi connectivity index (χ0) is 19.4. The molecule has 0 saturated heterocycles. The normalized spacial score (nSPS) is 15.9. The molecule has 3 aromatic rings. The zero-order valence-electron chi connectivity index (χ0n) is 14.2. The van der Waals surface area contributed by atoms with Gasteiger partial charge < -0.3 is 0 Å². The van der Waals surface area contributed by atoms with Gasteiger partial charge in [0.1, 0.15) is 0 Å². The summed E-state index contributed by atoms with van der Waals surface area (Å²) in [5.41, 5.74) is 0.243. The third-order valence-electron chi connectivity index (χ3n) is 4.50. The standard InChI is InChI=1S/C13H7F3O2S.C7H7.Bi/c14-13(15,16)10-6-8-12(9-7-10)19(17,18)11-4-2-1-3-5-11;1-7-5-3-2-4-6-7;/h1-4,6-8H;3-6H,1H3;. The molecule has 2 nitrogen and oxygen atoms in total. The van der Waals surface area contributed by atoms with Crippen LogP contribution in [0.4, 0.5) is 13.2 Å². The quantitative estimate of drug-likeness (QED) is 0.323. The van der Waals surface area contributed by atoms with Crippen molar-refractivity contribution in [3.05, 3.63) is 77.9 Å². The predicted molar refractivity (Wildman–Crippen MR) is 99.2 cm³/mol. The number of fused-ring (bicyclic) bond motifs is 2. The van der Waals surface area contributed by atoms with Gasteiger partial charge in [0.05, 0.1) is 0 Å². The molecule has 0 saturated carbocycles. The van der Waals surface area contributed by atoms with Crippen molar-refractivity contribution in [3.8, 4) is 0 Å². The summed E-state index contributed by atoms with van der Waals surface area (Å²) in [5, 5.41) is 0. The van der Waals surface area contributed by atoms with E-state index in [1.807, 2.05) is 31.2 Å². The summed E-state index contributed by atoms with van der Waals surface area (Å²) in [6, 6.07) is 17.5. The summed E-state index contributed by atoms with van der Waals surface area (Å²) in [5.74, 6) is 0. The number of hydrogen-bond acceptors (Lipinski definition) is 2. The van der Waals surface area contributed by atoms with Crippen LogP contribution < -0.4 is 9.81 Å². The summed E-state index contributed by atoms with van der Waals surface area (Å²) in [6.45, 7) is 1.94. The van der Waals surface area contributed by atoms with Crippen LogP contribution in [-0.4, -0.2) is 30.2 Å². The molecule has 0 aliphatic carbocycles. The molecule has 7 heteroatoms. The maximum absolute atomic E-state index is 13.3. The molecule has 1 aliphatic rings. The molecule has 0 fully saturated rings. The first-order chi connectivity index (χ1) is 12.7. The van der Waals surface area contributed by atoms with Crippen molar-refractivity contribution >= 4 is 41.4 Å². The number of aryl methyl sites for hydroxylation is 1. The minimum atomic E-state index is -4.52. The van der Waals surface area contributed by atoms with Gasteiger partial charge in [-0.3, -0.25) is 0 Å². The van der Waals surface area contributed by atoms with E-state index < -0.39 is 43.3 Å². The minimum absolute atomic E-state index is 0.0209. The van der Waals surface area contributed by atoms with Crippen molar-refractivity contribution in [2.75, 3.05) is 0 Å². The van der Waals surface area contributed by atoms with Crippen molar-refractivity contribution in [3.63, 3.8) is 0 Å². The maximum atomic E-state index is 13.3. The molecule has 138 valence electrons. The second kappa shape index (κ2) is 6.42. The second-order valence-electron chi connectivity index (χ2n) is 6.32. The molecule has 0 bridgehead atoms. The zero-order valence-corrected chi connectivity index (χ0v) is 18.5. The Morgan fingerprint density at radius 1 is 0.815 bits per heavy atom. The van der Waals surface area contributed by atoms with Crippen molar-refractivity contribution in [1.29, 1.82) is 0 Å². The van der Waals surface area contributed by atoms with Crippen LogP contribution in [0.25, 0.3) is 0 Å². The Labute approximate surface area is 163 Å². The van der Waals surface area contributed by atoms with Crippen LogP contribution in [0.2, 0.25) is 0 Å². The van der Waals surface area contributed by atoms with E-state index in [1.54, 1.807) is 24.3 Å². The van der Waals surface area contributed by atoms with Crippen molar-refractivity contribution in [2.45, 2.75) is 22.9 Å². The van der Waals surface area contributed by atoms with Gasteiger partial charge >= 0.3 is 164 Å². The van der Waals surface area contributed by atoms with Crippen molar-refractivity contribution in [1.82, 2.24) is 0 Å². The molecule has 0 spiro atoms. The number of alkyl halides is 3. The van der Waals surface area contributed by atoms with Gasteiger partial charge in [0, 0.05) is 0 Å². The molecule has 27 heavy (non-hydrogen) atoms. The first-order valence-electron chi connectivity index (χ1n) is 8.12. The Morgan fingerprint density at radius 3 is 2.11 bits per heavy atom. The van der Waals surface area contributed by atoms with E-state index in [1.165, 1.54) is 0 Å². The van der Waals surface area contributed by atoms with Crippen molar-refractivity contribution < 1.29 is 21.6 Å². The Morgan fingerprint density at radius 2 is 1.44 bits per heavy atom. The van der Waals surface area contributed by atoms with Gasteiger partial charge in [-0.15, -0.1) is 0 Å². The Bertz CT molecular complexity index is 1140. The molecule has 4 rings (SSSR count). The van der Waals surface area contributed by atoms with Gasteiger partial charge in [0.2, 0.25) is 0 Å². The molecule has 0 atom stereocenters. The molecule has 1 heterocycles. The van der Waals surface area contributed by atoms with Gasteiger partial charge in [0.25, 0.3) is 0 Å². The molecule has 0 aromatic heterocycles. The SMILES string of the molecule is Cc1cc[c]([Bi]2[c]3ccccc3S(=O)(=O)c3ccc(C(F)(F)F)c[c]32)cc1. The van der Waals surface area contributed by atoms with E-state index in [-0.39, 0.29) is 9.79 Å². The molecule has 0 unspecified atom stereocenters. The monoisotopic (exact) mass is 584 g/mol. The van der Waals surface area contributed by atoms with Crippen LogP contribution in [0.1, 0.15) is 11.1 Å². The number of halogens is 3. The molecule has 1 aliphatic heterocycles. The Hall–Kier alpha value is -1.72. The van der Waals surface area contributed by atoms with E-state index >= 15 is 0 Å². The van der Waals surface area contributed by atoms with Crippen LogP contribution in [0.5, 0.6) is 0 Å². The van der Waals surface area contributed by atoms with Gasteiger partial charge in [-0.05, 0) is 0 Å². The number of benzene rings is 3. The molecular weight excluding hydrogens is 570 g/mol. The molecule has 0 amide bonds. The summed E-state index contributed by atoms with van der Waals surface area (Å²) in [6.07, 6.45) is -4.52. The second-order valence-corrected chi connectivity index (χ2v) is 16.6. The molecule has 0 N–H and O–H groups in total. The van der Waals surface area contributed by atoms with Crippen LogP contribution in [-0.2, 0) is 16.0 Å². The van der Waals surface area contributed by atoms with E-state index in [4.69, 9.17) is 0 Å². The first kappa shape index (κ1) is 18.6. The molecule has 3 aromatic carbocycles. The fraction of sp³-hybridized carbons (Fsp3) is 0.100. The predicted octanol–water partition coefficient (Wildman–Crippen LogP) is 2.68. The van der Waals surface area contributed by atoms with Gasteiger partial charge in [-0.25, -0.2) is 0 Å². The fourth-order valence-electron chi connectivity index (χ4n) is 3.19. The fourth-order valence-corrected chi connectivity index (χ4v) is 18.2. The number of hydrogen-bond donors (Lipinski definition) is 0. The molecule has 0 radical (unpaired) electrons. The van der Waals surface area contributed by atoms with E-state index in [9.17, 15) is 21.6 Å². The summed E-state index contributed by atoms with van der Waals surface area (Å²) in [7, 11) is -3.83. The number of sulfone groups is 1. The third kappa shape index (κ3) is 3.11. The van der Waals surface area contributed by atoms with E-state index in [0.29, 0.717) is 6.54 Å². The molecular formula is C20H14BiF3O2S. The Kier molecular flexibility index (Phi) is 4.43. The summed E-state index contributed by atoms with van der Waals surface area (Å²) >= 11 is -3.19. The number of rotatable bonds is 1. The van der Waals surface area contributed by atoms with Gasteiger partial charge in [0.15, 0.2) is 0 Å². The van der Waals surface area contributed by atoms with Crippen LogP contribution in [0.15, 0.2) is 76.5 Å². The van der Waals surface area contributed by atoms with Crippen LogP contribution >= 0.6 is 0 Å². The first-order valence-corrected chi connectivity index (χ1v) is 14.8. The van der Waals surface area contributed by atoms with Crippen molar-refractivity contribution in [2.24, 2.45) is 0 Å². The van der Waals surface area contributed by atoms with E-state index in [0.717, 1.165) is 27.0 Å². The third-order valence-corrected chi connectivity index (χ3v) is 17.5. The average molecular weight is 584 g/mol. The Balaban J connectivity index is 2.06. The van der Waals surface area contributed by atoms with E-state index in [2.05, 4.69) is 0 Å². The summed E-state index contributed by atoms with van der Waals surface area (Å²) in [4.78, 5) is 0.253. The van der Waals surface area contributed by atoms with Gasteiger partial charge in [-0.2, -0.15) is 0 Å². The average Bonchev–Trinajstić information content (AvgIpc) is 2.62. The van der Waals surface area contributed by atoms with Crippen LogP contribution in [0, 0.1) is 6.92 Å². The topological polar surface area (TPSA) is 34.1 Å². The van der Waals surface area contributed by atoms with Gasteiger partial charge in [-0.1, -0.05) is 0 Å². The summed E-state index contributed by atoms with van der Waals surface area (Å²) < 4.78 is 68.0.